The summed E-state index contributed by atoms with van der Waals surface area (Å²) in [4.78, 5) is 36.6. The number of aromatic nitrogens is 4. The zero-order chi connectivity index (χ0) is 26.1. The highest BCUT2D eigenvalue weighted by Crippen LogP contribution is 2.33. The lowest BCUT2D eigenvalue weighted by molar-refractivity contribution is 0.0486. The van der Waals surface area contributed by atoms with E-state index < -0.39 is 6.09 Å². The molecule has 0 radical (unpaired) electrons. The van der Waals surface area contributed by atoms with Gasteiger partial charge >= 0.3 is 11.8 Å². The van der Waals surface area contributed by atoms with E-state index in [0.717, 1.165) is 27.9 Å². The van der Waals surface area contributed by atoms with Gasteiger partial charge in [-0.1, -0.05) is 18.2 Å². The maximum atomic E-state index is 12.8. The van der Waals surface area contributed by atoms with E-state index in [1.807, 2.05) is 18.2 Å². The molecule has 1 N–H and O–H groups in total. The van der Waals surface area contributed by atoms with Crippen LogP contribution in [0.5, 0.6) is 23.4 Å². The summed E-state index contributed by atoms with van der Waals surface area (Å²) in [5, 5.41) is 2.39. The lowest BCUT2D eigenvalue weighted by atomic mass is 9.94. The Hall–Kier alpha value is -4.93. The van der Waals surface area contributed by atoms with E-state index in [1.54, 1.807) is 41.2 Å². The van der Waals surface area contributed by atoms with Crippen molar-refractivity contribution in [2.45, 2.75) is 19.1 Å². The number of carbonyl (C=O) groups is 1. The van der Waals surface area contributed by atoms with Gasteiger partial charge in [-0.15, -0.1) is 0 Å². The molecule has 11 heteroatoms. The van der Waals surface area contributed by atoms with Gasteiger partial charge < -0.3 is 24.3 Å². The summed E-state index contributed by atoms with van der Waals surface area (Å²) in [5.74, 6) is 1.45. The molecule has 0 spiro atoms. The fraction of sp³-hybridized carbons (Fsp3) is 0.222. The second-order valence-electron chi connectivity index (χ2n) is 8.73. The molecule has 192 valence electrons. The van der Waals surface area contributed by atoms with Crippen molar-refractivity contribution < 1.29 is 23.7 Å². The number of nitrogens with one attached hydrogen (secondary N) is 1. The largest absolute Gasteiger partial charge is 0.478 e. The molecule has 1 unspecified atom stereocenters. The standard InChI is InChI=1S/C27H23N5O6/c1-28-27(34)38-23-7-5-18(13-30-23)16-4-6-20-17(11-16)8-10-32-21(20)12-24(31-26(32)33)35-14-19-15-36-25-22(37-19)3-2-9-29-25/h2-7,9,11-13,19H,8,10,14-15H2,1H3,(H,28,34). The number of ether oxygens (including phenoxy) is 4. The minimum absolute atomic E-state index is 0.169. The summed E-state index contributed by atoms with van der Waals surface area (Å²) in [7, 11) is 1.48. The first-order valence-corrected chi connectivity index (χ1v) is 12.1. The quantitative estimate of drug-likeness (QED) is 0.429. The predicted molar refractivity (Wildman–Crippen MR) is 136 cm³/mol. The third-order valence-corrected chi connectivity index (χ3v) is 6.30. The number of nitrogens with zero attached hydrogens (tertiary/aromatic N) is 4. The summed E-state index contributed by atoms with van der Waals surface area (Å²) in [5.41, 5.74) is 4.26. The highest BCUT2D eigenvalue weighted by Gasteiger charge is 2.24. The minimum Gasteiger partial charge on any atom is -0.478 e. The molecule has 6 rings (SSSR count). The van der Waals surface area contributed by atoms with E-state index >= 15 is 0 Å². The lowest BCUT2D eigenvalue weighted by Gasteiger charge is -2.26. The van der Waals surface area contributed by atoms with Crippen molar-refractivity contribution in [1.82, 2.24) is 24.8 Å². The Morgan fingerprint density at radius 2 is 2.03 bits per heavy atom. The zero-order valence-electron chi connectivity index (χ0n) is 20.4. The van der Waals surface area contributed by atoms with Crippen LogP contribution in [0.2, 0.25) is 0 Å². The maximum Gasteiger partial charge on any atom is 0.413 e. The summed E-state index contributed by atoms with van der Waals surface area (Å²) in [6.07, 6.45) is 3.05. The third kappa shape index (κ3) is 4.61. The van der Waals surface area contributed by atoms with Crippen LogP contribution in [-0.2, 0) is 13.0 Å². The summed E-state index contributed by atoms with van der Waals surface area (Å²) >= 11 is 0. The van der Waals surface area contributed by atoms with Gasteiger partial charge in [-0.2, -0.15) is 4.98 Å². The van der Waals surface area contributed by atoms with Crippen molar-refractivity contribution in [3.63, 3.8) is 0 Å². The van der Waals surface area contributed by atoms with Crippen LogP contribution in [0.1, 0.15) is 5.56 Å². The van der Waals surface area contributed by atoms with E-state index in [9.17, 15) is 9.59 Å². The molecule has 1 atom stereocenters. The van der Waals surface area contributed by atoms with Gasteiger partial charge in [0.05, 0.1) is 5.69 Å². The molecule has 38 heavy (non-hydrogen) atoms. The normalized spacial score (nSPS) is 15.1. The van der Waals surface area contributed by atoms with Crippen molar-refractivity contribution in [3.8, 4) is 45.8 Å². The molecule has 1 amide bonds. The fourth-order valence-electron chi connectivity index (χ4n) is 4.44. The second-order valence-corrected chi connectivity index (χ2v) is 8.73. The molecular formula is C27H23N5O6. The molecule has 0 bridgehead atoms. The number of hydrogen-bond donors (Lipinski definition) is 1. The number of benzene rings is 1. The number of aryl methyl sites for hydroxylation is 1. The van der Waals surface area contributed by atoms with Gasteiger partial charge in [-0.25, -0.2) is 19.6 Å². The monoisotopic (exact) mass is 513 g/mol. The Morgan fingerprint density at radius 3 is 2.87 bits per heavy atom. The average molecular weight is 514 g/mol. The smallest absolute Gasteiger partial charge is 0.413 e. The SMILES string of the molecule is CNC(=O)Oc1ccc(-c2ccc3c(c2)CCn2c-3cc(OCC3COc4ncccc4O3)nc2=O)cn1. The Bertz CT molecular complexity index is 1570. The van der Waals surface area contributed by atoms with Gasteiger partial charge in [-0.05, 0) is 35.7 Å². The molecule has 2 aliphatic heterocycles. The molecule has 3 aromatic heterocycles. The van der Waals surface area contributed by atoms with Crippen molar-refractivity contribution >= 4 is 6.09 Å². The first-order valence-electron chi connectivity index (χ1n) is 12.1. The van der Waals surface area contributed by atoms with Crippen LogP contribution in [-0.4, -0.2) is 52.0 Å². The van der Waals surface area contributed by atoms with Crippen LogP contribution in [0, 0.1) is 0 Å². The van der Waals surface area contributed by atoms with Gasteiger partial charge in [0.25, 0.3) is 5.88 Å². The van der Waals surface area contributed by atoms with E-state index in [1.165, 1.54) is 7.05 Å². The number of amides is 1. The summed E-state index contributed by atoms with van der Waals surface area (Å²) < 4.78 is 24.1. The highest BCUT2D eigenvalue weighted by molar-refractivity contribution is 5.74. The van der Waals surface area contributed by atoms with Crippen LogP contribution < -0.4 is 30.0 Å². The van der Waals surface area contributed by atoms with Crippen molar-refractivity contribution in [2.24, 2.45) is 0 Å². The van der Waals surface area contributed by atoms with Gasteiger partial charge in [0.2, 0.25) is 11.8 Å². The van der Waals surface area contributed by atoms with Crippen LogP contribution >= 0.6 is 0 Å². The topological polar surface area (TPSA) is 127 Å². The van der Waals surface area contributed by atoms with E-state index in [0.29, 0.717) is 24.6 Å². The number of pyridine rings is 2. The lowest BCUT2D eigenvalue weighted by Crippen LogP contribution is -2.35. The maximum absolute atomic E-state index is 12.8. The molecule has 1 aromatic carbocycles. The Morgan fingerprint density at radius 1 is 1.13 bits per heavy atom. The van der Waals surface area contributed by atoms with Crippen molar-refractivity contribution in [3.05, 3.63) is 77.0 Å². The Labute approximate surface area is 217 Å². The van der Waals surface area contributed by atoms with E-state index in [2.05, 4.69) is 26.3 Å². The Kier molecular flexibility index (Phi) is 6.08. The fourth-order valence-corrected chi connectivity index (χ4v) is 4.44. The van der Waals surface area contributed by atoms with Gasteiger partial charge in [0.15, 0.2) is 11.9 Å². The number of rotatable bonds is 5. The van der Waals surface area contributed by atoms with Crippen molar-refractivity contribution in [2.75, 3.05) is 20.3 Å². The molecule has 4 aromatic rings. The highest BCUT2D eigenvalue weighted by atomic mass is 16.6. The zero-order valence-corrected chi connectivity index (χ0v) is 20.4. The predicted octanol–water partition coefficient (Wildman–Crippen LogP) is 2.86. The first-order chi connectivity index (χ1) is 18.6. The molecule has 2 aliphatic rings. The molecule has 5 heterocycles. The number of hydrogen-bond acceptors (Lipinski definition) is 9. The molecule has 0 aliphatic carbocycles. The number of fused-ring (bicyclic) bond motifs is 4. The molecular weight excluding hydrogens is 490 g/mol. The first kappa shape index (κ1) is 23.5. The second kappa shape index (κ2) is 9.85. The van der Waals surface area contributed by atoms with Crippen LogP contribution in [0.15, 0.2) is 65.7 Å². The van der Waals surface area contributed by atoms with Gasteiger partial charge in [0, 0.05) is 49.2 Å². The van der Waals surface area contributed by atoms with E-state index in [-0.39, 0.29) is 36.8 Å². The summed E-state index contributed by atoms with van der Waals surface area (Å²) in [6, 6.07) is 14.9. The average Bonchev–Trinajstić information content (AvgIpc) is 2.96. The molecule has 0 fully saturated rings. The molecule has 0 saturated heterocycles. The third-order valence-electron chi connectivity index (χ3n) is 6.30. The summed E-state index contributed by atoms with van der Waals surface area (Å²) in [6.45, 7) is 0.967. The molecule has 0 saturated carbocycles. The van der Waals surface area contributed by atoms with Gasteiger partial charge in [0.1, 0.15) is 13.2 Å². The van der Waals surface area contributed by atoms with Crippen LogP contribution in [0.4, 0.5) is 4.79 Å². The molecule has 11 nitrogen and oxygen atoms in total. The van der Waals surface area contributed by atoms with E-state index in [4.69, 9.17) is 18.9 Å². The van der Waals surface area contributed by atoms with Crippen LogP contribution in [0.3, 0.4) is 0 Å². The number of carbonyl (C=O) groups excluding carboxylic acids is 1. The van der Waals surface area contributed by atoms with Gasteiger partial charge in [-0.3, -0.25) is 4.57 Å². The minimum atomic E-state index is -0.576. The van der Waals surface area contributed by atoms with Crippen molar-refractivity contribution in [1.29, 1.82) is 0 Å². The van der Waals surface area contributed by atoms with Crippen LogP contribution in [0.25, 0.3) is 22.4 Å². The Balaban J connectivity index is 1.21.